The Morgan fingerprint density at radius 1 is 1.56 bits per heavy atom. The number of nitrogens with two attached hydrogens (primary N) is 1. The smallest absolute Gasteiger partial charge is 0.148 e. The third-order valence-electron chi connectivity index (χ3n) is 3.21. The Kier molecular flexibility index (Phi) is 3.91. The molecule has 0 saturated carbocycles. The number of nitrogens with zero attached hydrogens (tertiary/aromatic N) is 1. The molecule has 4 nitrogen and oxygen atoms in total. The average molecular weight is 254 g/mol. The van der Waals surface area contributed by atoms with Crippen LogP contribution in [0.5, 0.6) is 5.75 Å². The molecule has 1 aromatic rings. The van der Waals surface area contributed by atoms with Crippen LogP contribution in [-0.2, 0) is 4.74 Å². The highest BCUT2D eigenvalue weighted by molar-refractivity contribution is 5.63. The van der Waals surface area contributed by atoms with Crippen molar-refractivity contribution in [2.75, 3.05) is 37.9 Å². The zero-order valence-corrected chi connectivity index (χ0v) is 10.8. The second kappa shape index (κ2) is 5.44. The number of halogens is 1. The minimum Gasteiger partial charge on any atom is -0.495 e. The molecule has 1 fully saturated rings. The molecule has 0 spiro atoms. The highest BCUT2D eigenvalue weighted by atomic mass is 19.1. The van der Waals surface area contributed by atoms with Gasteiger partial charge in [-0.2, -0.15) is 0 Å². The molecule has 100 valence electrons. The molecule has 1 atom stereocenters. The van der Waals surface area contributed by atoms with Gasteiger partial charge < -0.3 is 20.1 Å². The lowest BCUT2D eigenvalue weighted by Crippen LogP contribution is -2.29. The minimum atomic E-state index is -0.339. The van der Waals surface area contributed by atoms with Gasteiger partial charge in [0.15, 0.2) is 0 Å². The summed E-state index contributed by atoms with van der Waals surface area (Å²) in [6.07, 6.45) is 2.28. The van der Waals surface area contributed by atoms with Crippen molar-refractivity contribution in [1.82, 2.24) is 0 Å². The van der Waals surface area contributed by atoms with Gasteiger partial charge in [-0.15, -0.1) is 0 Å². The number of hydrogen-bond donors (Lipinski definition) is 1. The fourth-order valence-corrected chi connectivity index (χ4v) is 2.22. The van der Waals surface area contributed by atoms with Crippen LogP contribution in [0.2, 0.25) is 0 Å². The maximum absolute atomic E-state index is 13.9. The van der Waals surface area contributed by atoms with Gasteiger partial charge in [0.25, 0.3) is 0 Å². The van der Waals surface area contributed by atoms with Crippen molar-refractivity contribution in [3.05, 3.63) is 17.9 Å². The van der Waals surface area contributed by atoms with Gasteiger partial charge in [-0.3, -0.25) is 0 Å². The number of likely N-dealkylation sites (N-methyl/N-ethyl adjacent to an activating group) is 1. The largest absolute Gasteiger partial charge is 0.495 e. The summed E-state index contributed by atoms with van der Waals surface area (Å²) in [5.41, 5.74) is 6.45. The maximum atomic E-state index is 13.9. The highest BCUT2D eigenvalue weighted by Gasteiger charge is 2.20. The summed E-state index contributed by atoms with van der Waals surface area (Å²) < 4.78 is 24.5. The van der Waals surface area contributed by atoms with E-state index in [0.29, 0.717) is 23.7 Å². The Morgan fingerprint density at radius 2 is 2.33 bits per heavy atom. The molecule has 1 saturated heterocycles. The van der Waals surface area contributed by atoms with Gasteiger partial charge in [0.2, 0.25) is 0 Å². The highest BCUT2D eigenvalue weighted by Crippen LogP contribution is 2.30. The number of ether oxygens (including phenoxy) is 2. The van der Waals surface area contributed by atoms with E-state index in [4.69, 9.17) is 15.2 Å². The van der Waals surface area contributed by atoms with Gasteiger partial charge in [-0.1, -0.05) is 0 Å². The number of rotatable bonds is 4. The van der Waals surface area contributed by atoms with Crippen LogP contribution in [0.25, 0.3) is 0 Å². The fraction of sp³-hybridized carbons (Fsp3) is 0.538. The quantitative estimate of drug-likeness (QED) is 0.835. The number of hydrogen-bond acceptors (Lipinski definition) is 4. The number of anilines is 2. The van der Waals surface area contributed by atoms with Crippen LogP contribution < -0.4 is 15.4 Å². The van der Waals surface area contributed by atoms with Crippen molar-refractivity contribution in [2.45, 2.75) is 18.9 Å². The lowest BCUT2D eigenvalue weighted by Gasteiger charge is -2.24. The van der Waals surface area contributed by atoms with Crippen LogP contribution in [-0.4, -0.2) is 33.4 Å². The molecule has 2 N–H and O–H groups in total. The van der Waals surface area contributed by atoms with Crippen molar-refractivity contribution < 1.29 is 13.9 Å². The third-order valence-corrected chi connectivity index (χ3v) is 3.21. The summed E-state index contributed by atoms with van der Waals surface area (Å²) >= 11 is 0. The number of nitrogen functional groups attached to an aromatic ring is 1. The molecule has 1 aliphatic heterocycles. The normalized spacial score (nSPS) is 18.9. The SMILES string of the molecule is COc1cc(N(C)CC2CCCO2)c(F)cc1N. The van der Waals surface area contributed by atoms with Crippen LogP contribution in [0.15, 0.2) is 12.1 Å². The summed E-state index contributed by atoms with van der Waals surface area (Å²) in [6.45, 7) is 1.47. The molecule has 0 amide bonds. The first-order valence-corrected chi connectivity index (χ1v) is 6.07. The fourth-order valence-electron chi connectivity index (χ4n) is 2.22. The van der Waals surface area contributed by atoms with E-state index in [9.17, 15) is 4.39 Å². The molecule has 0 aromatic heterocycles. The first-order valence-electron chi connectivity index (χ1n) is 6.07. The van der Waals surface area contributed by atoms with Gasteiger partial charge in [0.05, 0.1) is 24.6 Å². The summed E-state index contributed by atoms with van der Waals surface area (Å²) in [7, 11) is 3.36. The molecular weight excluding hydrogens is 235 g/mol. The third kappa shape index (κ3) is 2.67. The van der Waals surface area contributed by atoms with Gasteiger partial charge in [0, 0.05) is 32.3 Å². The Morgan fingerprint density at radius 3 is 2.94 bits per heavy atom. The van der Waals surface area contributed by atoms with Crippen molar-refractivity contribution in [3.8, 4) is 5.75 Å². The maximum Gasteiger partial charge on any atom is 0.148 e. The molecule has 0 bridgehead atoms. The van der Waals surface area contributed by atoms with E-state index >= 15 is 0 Å². The van der Waals surface area contributed by atoms with Gasteiger partial charge in [-0.25, -0.2) is 4.39 Å². The van der Waals surface area contributed by atoms with E-state index in [1.54, 1.807) is 6.07 Å². The number of benzene rings is 1. The molecule has 1 heterocycles. The van der Waals surface area contributed by atoms with E-state index in [0.717, 1.165) is 19.4 Å². The van der Waals surface area contributed by atoms with Crippen molar-refractivity contribution in [2.24, 2.45) is 0 Å². The van der Waals surface area contributed by atoms with Crippen molar-refractivity contribution in [3.63, 3.8) is 0 Å². The Hall–Kier alpha value is -1.49. The standard InChI is InChI=1S/C13H19FN2O2/c1-16(8-9-4-3-5-18-9)12-7-13(17-2)11(15)6-10(12)14/h6-7,9H,3-5,8,15H2,1-2H3. The first kappa shape index (κ1) is 13.0. The molecule has 0 aliphatic carbocycles. The Labute approximate surface area is 106 Å². The van der Waals surface area contributed by atoms with Crippen LogP contribution in [0.4, 0.5) is 15.8 Å². The zero-order valence-electron chi connectivity index (χ0n) is 10.8. The molecule has 1 aliphatic rings. The average Bonchev–Trinajstić information content (AvgIpc) is 2.81. The summed E-state index contributed by atoms with van der Waals surface area (Å²) in [5.74, 6) is 0.152. The van der Waals surface area contributed by atoms with Crippen LogP contribution in [0.3, 0.4) is 0 Å². The van der Waals surface area contributed by atoms with E-state index in [1.165, 1.54) is 13.2 Å². The van der Waals surface area contributed by atoms with Gasteiger partial charge >= 0.3 is 0 Å². The molecule has 18 heavy (non-hydrogen) atoms. The predicted octanol–water partition coefficient (Wildman–Crippen LogP) is 2.03. The van der Waals surface area contributed by atoms with Crippen molar-refractivity contribution in [1.29, 1.82) is 0 Å². The van der Waals surface area contributed by atoms with E-state index in [2.05, 4.69) is 0 Å². The Balaban J connectivity index is 2.15. The van der Waals surface area contributed by atoms with E-state index in [1.807, 2.05) is 11.9 Å². The second-order valence-electron chi connectivity index (χ2n) is 4.56. The summed E-state index contributed by atoms with van der Waals surface area (Å²) in [6, 6.07) is 2.92. The molecular formula is C13H19FN2O2. The first-order chi connectivity index (χ1) is 8.61. The monoisotopic (exact) mass is 254 g/mol. The molecule has 5 heteroatoms. The topological polar surface area (TPSA) is 47.7 Å². The Bertz CT molecular complexity index is 420. The van der Waals surface area contributed by atoms with Crippen LogP contribution in [0, 0.1) is 5.82 Å². The van der Waals surface area contributed by atoms with Crippen LogP contribution >= 0.6 is 0 Å². The van der Waals surface area contributed by atoms with Gasteiger partial charge in [-0.05, 0) is 12.8 Å². The number of methoxy groups -OCH3 is 1. The van der Waals surface area contributed by atoms with E-state index in [-0.39, 0.29) is 11.9 Å². The molecule has 0 radical (unpaired) electrons. The van der Waals surface area contributed by atoms with Gasteiger partial charge in [0.1, 0.15) is 11.6 Å². The van der Waals surface area contributed by atoms with E-state index < -0.39 is 0 Å². The lowest BCUT2D eigenvalue weighted by atomic mass is 10.2. The molecule has 2 rings (SSSR count). The summed E-state index contributed by atoms with van der Waals surface area (Å²) in [4.78, 5) is 1.84. The lowest BCUT2D eigenvalue weighted by molar-refractivity contribution is 0.116. The predicted molar refractivity (Wildman–Crippen MR) is 69.6 cm³/mol. The second-order valence-corrected chi connectivity index (χ2v) is 4.56. The summed E-state index contributed by atoms with van der Waals surface area (Å²) in [5, 5.41) is 0. The molecule has 1 aromatic carbocycles. The van der Waals surface area contributed by atoms with Crippen molar-refractivity contribution >= 4 is 11.4 Å². The van der Waals surface area contributed by atoms with Crippen LogP contribution in [0.1, 0.15) is 12.8 Å². The zero-order chi connectivity index (χ0) is 13.1. The molecule has 1 unspecified atom stereocenters. The minimum absolute atomic E-state index is 0.179.